The number of carbonyl (C=O) groups is 1. The van der Waals surface area contributed by atoms with Crippen molar-refractivity contribution in [3.63, 3.8) is 0 Å². The maximum atomic E-state index is 11.8. The van der Waals surface area contributed by atoms with E-state index in [0.29, 0.717) is 5.69 Å². The molecule has 0 aliphatic rings. The summed E-state index contributed by atoms with van der Waals surface area (Å²) in [7, 11) is 1.58. The van der Waals surface area contributed by atoms with Crippen LogP contribution in [0.1, 0.15) is 0 Å². The molecule has 0 atom stereocenters. The summed E-state index contributed by atoms with van der Waals surface area (Å²) in [4.78, 5) is 22.5. The first-order valence-electron chi connectivity index (χ1n) is 4.90. The maximum absolute atomic E-state index is 11.8. The van der Waals surface area contributed by atoms with Gasteiger partial charge in [-0.1, -0.05) is 0 Å². The van der Waals surface area contributed by atoms with Crippen molar-refractivity contribution >= 4 is 11.6 Å². The standard InChI is InChI=1S/C9H11F3N4O2/c1-13-6-2-8(18)16(15-3-6)4-7(17)14-5-9(10,11)12/h2-3,13H,4-5H2,1H3,(H,14,17). The van der Waals surface area contributed by atoms with Gasteiger partial charge in [0.25, 0.3) is 5.56 Å². The Hall–Kier alpha value is -2.06. The van der Waals surface area contributed by atoms with Gasteiger partial charge in [-0.2, -0.15) is 18.3 Å². The number of rotatable bonds is 4. The molecule has 18 heavy (non-hydrogen) atoms. The average Bonchev–Trinajstić information content (AvgIpc) is 2.28. The Bertz CT molecular complexity index is 483. The lowest BCUT2D eigenvalue weighted by Gasteiger charge is -2.09. The number of nitrogens with one attached hydrogen (secondary N) is 2. The van der Waals surface area contributed by atoms with Gasteiger partial charge in [0.1, 0.15) is 13.1 Å². The summed E-state index contributed by atoms with van der Waals surface area (Å²) in [6, 6.07) is 1.18. The summed E-state index contributed by atoms with van der Waals surface area (Å²) in [5.74, 6) is -0.931. The summed E-state index contributed by atoms with van der Waals surface area (Å²) < 4.78 is 36.2. The van der Waals surface area contributed by atoms with Crippen LogP contribution in [0.25, 0.3) is 0 Å². The first kappa shape index (κ1) is 14.0. The third-order valence-corrected chi connectivity index (χ3v) is 1.94. The first-order chi connectivity index (χ1) is 8.31. The molecular formula is C9H11F3N4O2. The van der Waals surface area contributed by atoms with Crippen molar-refractivity contribution < 1.29 is 18.0 Å². The molecule has 0 unspecified atom stereocenters. The maximum Gasteiger partial charge on any atom is 0.405 e. The number of amides is 1. The molecule has 1 amide bonds. The second-order valence-electron chi connectivity index (χ2n) is 3.38. The van der Waals surface area contributed by atoms with Gasteiger partial charge in [-0.3, -0.25) is 9.59 Å². The van der Waals surface area contributed by atoms with Crippen molar-refractivity contribution in [2.45, 2.75) is 12.7 Å². The molecule has 0 fully saturated rings. The Balaban J connectivity index is 2.63. The number of carbonyl (C=O) groups excluding carboxylic acids is 1. The minimum absolute atomic E-state index is 0.451. The molecule has 0 bridgehead atoms. The van der Waals surface area contributed by atoms with E-state index in [1.165, 1.54) is 12.3 Å². The minimum Gasteiger partial charge on any atom is -0.387 e. The quantitative estimate of drug-likeness (QED) is 0.800. The summed E-state index contributed by atoms with van der Waals surface area (Å²) in [5.41, 5.74) is -0.129. The Morgan fingerprint density at radius 2 is 2.17 bits per heavy atom. The molecule has 1 aromatic rings. The van der Waals surface area contributed by atoms with Crippen LogP contribution in [-0.4, -0.2) is 35.5 Å². The van der Waals surface area contributed by atoms with Crippen LogP contribution in [0.4, 0.5) is 18.9 Å². The van der Waals surface area contributed by atoms with E-state index in [1.54, 1.807) is 12.4 Å². The zero-order valence-corrected chi connectivity index (χ0v) is 9.41. The lowest BCUT2D eigenvalue weighted by atomic mass is 10.4. The molecule has 1 rings (SSSR count). The first-order valence-corrected chi connectivity index (χ1v) is 4.90. The number of halogens is 3. The predicted molar refractivity (Wildman–Crippen MR) is 57.1 cm³/mol. The van der Waals surface area contributed by atoms with Crippen LogP contribution in [0.2, 0.25) is 0 Å². The summed E-state index contributed by atoms with van der Waals surface area (Å²) in [5, 5.41) is 7.95. The van der Waals surface area contributed by atoms with Crippen LogP contribution in [0.5, 0.6) is 0 Å². The number of anilines is 1. The van der Waals surface area contributed by atoms with Crippen molar-refractivity contribution in [3.05, 3.63) is 22.6 Å². The summed E-state index contributed by atoms with van der Waals surface area (Å²) >= 11 is 0. The van der Waals surface area contributed by atoms with Crippen LogP contribution < -0.4 is 16.2 Å². The average molecular weight is 264 g/mol. The van der Waals surface area contributed by atoms with E-state index in [2.05, 4.69) is 10.4 Å². The highest BCUT2D eigenvalue weighted by Gasteiger charge is 2.27. The normalized spacial score (nSPS) is 11.1. The van der Waals surface area contributed by atoms with E-state index in [0.717, 1.165) is 4.68 Å². The second-order valence-corrected chi connectivity index (χ2v) is 3.38. The van der Waals surface area contributed by atoms with Crippen LogP contribution >= 0.6 is 0 Å². The molecule has 0 aliphatic heterocycles. The Morgan fingerprint density at radius 1 is 1.50 bits per heavy atom. The van der Waals surface area contributed by atoms with Crippen LogP contribution in [-0.2, 0) is 11.3 Å². The molecular weight excluding hydrogens is 253 g/mol. The van der Waals surface area contributed by atoms with Gasteiger partial charge in [-0.25, -0.2) is 4.68 Å². The summed E-state index contributed by atoms with van der Waals surface area (Å²) in [6.07, 6.45) is -3.19. The molecule has 0 radical (unpaired) electrons. The van der Waals surface area contributed by atoms with Gasteiger partial charge in [-0.05, 0) is 0 Å². The van der Waals surface area contributed by atoms with Crippen LogP contribution in [0, 0.1) is 0 Å². The lowest BCUT2D eigenvalue weighted by molar-refractivity contribution is -0.138. The number of nitrogens with zero attached hydrogens (tertiary/aromatic N) is 2. The molecule has 0 aliphatic carbocycles. The molecule has 0 aromatic carbocycles. The highest BCUT2D eigenvalue weighted by Crippen LogP contribution is 2.11. The smallest absolute Gasteiger partial charge is 0.387 e. The number of hydrogen-bond acceptors (Lipinski definition) is 4. The van der Waals surface area contributed by atoms with Crippen LogP contribution in [0.3, 0.4) is 0 Å². The Labute approximate surface area is 99.8 Å². The van der Waals surface area contributed by atoms with Gasteiger partial charge in [0.2, 0.25) is 5.91 Å². The fourth-order valence-corrected chi connectivity index (χ4v) is 1.08. The van der Waals surface area contributed by atoms with Gasteiger partial charge in [0.05, 0.1) is 11.9 Å². The van der Waals surface area contributed by atoms with Crippen molar-refractivity contribution in [3.8, 4) is 0 Å². The fourth-order valence-electron chi connectivity index (χ4n) is 1.08. The number of alkyl halides is 3. The minimum atomic E-state index is -4.48. The zero-order valence-electron chi connectivity index (χ0n) is 9.41. The SMILES string of the molecule is CNc1cnn(CC(=O)NCC(F)(F)F)c(=O)c1. The Morgan fingerprint density at radius 3 is 2.67 bits per heavy atom. The van der Waals surface area contributed by atoms with E-state index in [-0.39, 0.29) is 0 Å². The molecule has 2 N–H and O–H groups in total. The number of hydrogen-bond donors (Lipinski definition) is 2. The summed E-state index contributed by atoms with van der Waals surface area (Å²) in [6.45, 7) is -1.99. The predicted octanol–water partition coefficient (Wildman–Crippen LogP) is -0.0365. The molecule has 1 heterocycles. The highest BCUT2D eigenvalue weighted by atomic mass is 19.4. The van der Waals surface area contributed by atoms with Crippen LogP contribution in [0.15, 0.2) is 17.1 Å². The van der Waals surface area contributed by atoms with Gasteiger partial charge in [-0.15, -0.1) is 0 Å². The monoisotopic (exact) mass is 264 g/mol. The number of aromatic nitrogens is 2. The molecule has 6 nitrogen and oxygen atoms in total. The van der Waals surface area contributed by atoms with Crippen molar-refractivity contribution in [1.82, 2.24) is 15.1 Å². The Kier molecular flexibility index (Phi) is 4.29. The van der Waals surface area contributed by atoms with Gasteiger partial charge < -0.3 is 10.6 Å². The van der Waals surface area contributed by atoms with E-state index in [1.807, 2.05) is 0 Å². The van der Waals surface area contributed by atoms with Gasteiger partial charge in [0, 0.05) is 13.1 Å². The fraction of sp³-hybridized carbons (Fsp3) is 0.444. The molecule has 0 saturated heterocycles. The molecule has 0 saturated carbocycles. The lowest BCUT2D eigenvalue weighted by Crippen LogP contribution is -2.38. The van der Waals surface area contributed by atoms with E-state index < -0.39 is 30.7 Å². The van der Waals surface area contributed by atoms with Gasteiger partial charge >= 0.3 is 6.18 Å². The molecule has 1 aromatic heterocycles. The topological polar surface area (TPSA) is 76.0 Å². The third kappa shape index (κ3) is 4.44. The van der Waals surface area contributed by atoms with E-state index in [9.17, 15) is 22.8 Å². The zero-order chi connectivity index (χ0) is 13.8. The molecule has 100 valence electrons. The van der Waals surface area contributed by atoms with Crippen molar-refractivity contribution in [2.75, 3.05) is 18.9 Å². The van der Waals surface area contributed by atoms with Crippen molar-refractivity contribution in [2.24, 2.45) is 0 Å². The largest absolute Gasteiger partial charge is 0.405 e. The highest BCUT2D eigenvalue weighted by molar-refractivity contribution is 5.75. The van der Waals surface area contributed by atoms with E-state index in [4.69, 9.17) is 0 Å². The molecule has 9 heteroatoms. The van der Waals surface area contributed by atoms with Crippen molar-refractivity contribution in [1.29, 1.82) is 0 Å². The van der Waals surface area contributed by atoms with E-state index >= 15 is 0 Å². The molecule has 0 spiro atoms. The third-order valence-electron chi connectivity index (χ3n) is 1.94. The van der Waals surface area contributed by atoms with Gasteiger partial charge in [0.15, 0.2) is 0 Å². The second kappa shape index (κ2) is 5.52.